The van der Waals surface area contributed by atoms with Crippen LogP contribution in [0.1, 0.15) is 38.5 Å². The lowest BCUT2D eigenvalue weighted by Gasteiger charge is -2.22. The number of nitrogens with two attached hydrogens (primary N) is 1. The van der Waals surface area contributed by atoms with Crippen LogP contribution in [0.2, 0.25) is 0 Å². The number of anilines is 1. The predicted octanol–water partition coefficient (Wildman–Crippen LogP) is 1.82. The minimum atomic E-state index is -0.222. The van der Waals surface area contributed by atoms with Gasteiger partial charge in [0.2, 0.25) is 5.91 Å². The number of halogens is 1. The van der Waals surface area contributed by atoms with Gasteiger partial charge in [0, 0.05) is 3.57 Å². The molecular weight excluding hydrogens is 379 g/mol. The van der Waals surface area contributed by atoms with Gasteiger partial charge in [-0.15, -0.1) is 0 Å². The van der Waals surface area contributed by atoms with Gasteiger partial charge in [-0.2, -0.15) is 0 Å². The third-order valence-electron chi connectivity index (χ3n) is 4.42. The zero-order chi connectivity index (χ0) is 14.8. The third kappa shape index (κ3) is 3.29. The summed E-state index contributed by atoms with van der Waals surface area (Å²) < 4.78 is 1.10. The Labute approximate surface area is 138 Å². The minimum Gasteiger partial charge on any atom is -0.333 e. The molecular formula is C16H20IN2O2+. The third-order valence-corrected chi connectivity index (χ3v) is 5.14. The summed E-state index contributed by atoms with van der Waals surface area (Å²) in [6.07, 6.45) is 6.47. The molecule has 1 atom stereocenters. The fourth-order valence-electron chi connectivity index (χ4n) is 3.32. The van der Waals surface area contributed by atoms with Gasteiger partial charge in [0.25, 0.3) is 5.91 Å². The second kappa shape index (κ2) is 6.44. The molecule has 1 aromatic carbocycles. The van der Waals surface area contributed by atoms with E-state index in [1.807, 2.05) is 24.3 Å². The van der Waals surface area contributed by atoms with E-state index in [4.69, 9.17) is 0 Å². The molecule has 0 spiro atoms. The molecule has 2 amide bonds. The quantitative estimate of drug-likeness (QED) is 0.623. The highest BCUT2D eigenvalue weighted by Crippen LogP contribution is 2.23. The molecule has 0 aromatic heterocycles. The van der Waals surface area contributed by atoms with E-state index in [-0.39, 0.29) is 17.9 Å². The zero-order valence-corrected chi connectivity index (χ0v) is 14.1. The molecule has 4 nitrogen and oxygen atoms in total. The topological polar surface area (TPSA) is 54.0 Å². The smallest absolute Gasteiger partial charge is 0.292 e. The Morgan fingerprint density at radius 1 is 1.05 bits per heavy atom. The van der Waals surface area contributed by atoms with Crippen LogP contribution in [-0.4, -0.2) is 23.9 Å². The lowest BCUT2D eigenvalue weighted by atomic mass is 9.95. The van der Waals surface area contributed by atoms with E-state index in [2.05, 4.69) is 27.9 Å². The van der Waals surface area contributed by atoms with Crippen LogP contribution in [0.25, 0.3) is 0 Å². The molecule has 112 valence electrons. The maximum atomic E-state index is 12.5. The minimum absolute atomic E-state index is 0.0493. The summed E-state index contributed by atoms with van der Waals surface area (Å²) in [6.45, 7) is 0. The van der Waals surface area contributed by atoms with Crippen LogP contribution in [0.4, 0.5) is 5.69 Å². The van der Waals surface area contributed by atoms with Crippen LogP contribution in [0.5, 0.6) is 0 Å². The number of rotatable bonds is 3. The molecule has 0 unspecified atom stereocenters. The maximum Gasteiger partial charge on any atom is 0.292 e. The number of amides is 2. The molecule has 3 rings (SSSR count). The molecule has 1 saturated carbocycles. The SMILES string of the molecule is O=C1C[C@@H]([NH2+]C2CCCCC2)C(=O)N1c1ccc(I)cc1. The van der Waals surface area contributed by atoms with Gasteiger partial charge in [-0.1, -0.05) is 6.42 Å². The van der Waals surface area contributed by atoms with Crippen LogP contribution < -0.4 is 10.2 Å². The number of carbonyl (C=O) groups excluding carboxylic acids is 2. The van der Waals surface area contributed by atoms with Crippen molar-refractivity contribution in [3.8, 4) is 0 Å². The summed E-state index contributed by atoms with van der Waals surface area (Å²) in [5, 5.41) is 2.14. The van der Waals surface area contributed by atoms with E-state index in [0.29, 0.717) is 18.2 Å². The van der Waals surface area contributed by atoms with Crippen LogP contribution in [0.15, 0.2) is 24.3 Å². The number of benzene rings is 1. The Hall–Kier alpha value is -0.950. The molecule has 1 heterocycles. The average molecular weight is 399 g/mol. The van der Waals surface area contributed by atoms with Gasteiger partial charge in [-0.05, 0) is 72.5 Å². The van der Waals surface area contributed by atoms with Crippen molar-refractivity contribution >= 4 is 40.1 Å². The van der Waals surface area contributed by atoms with Crippen molar-refractivity contribution in [3.05, 3.63) is 27.8 Å². The van der Waals surface area contributed by atoms with Crippen LogP contribution >= 0.6 is 22.6 Å². The number of quaternary nitrogens is 1. The summed E-state index contributed by atoms with van der Waals surface area (Å²) in [5.41, 5.74) is 0.699. The van der Waals surface area contributed by atoms with E-state index >= 15 is 0 Å². The van der Waals surface area contributed by atoms with Gasteiger partial charge in [-0.3, -0.25) is 9.59 Å². The van der Waals surface area contributed by atoms with Crippen molar-refractivity contribution < 1.29 is 14.9 Å². The van der Waals surface area contributed by atoms with Crippen molar-refractivity contribution in [3.63, 3.8) is 0 Å². The fraction of sp³-hybridized carbons (Fsp3) is 0.500. The first-order valence-electron chi connectivity index (χ1n) is 7.62. The lowest BCUT2D eigenvalue weighted by molar-refractivity contribution is -0.710. The molecule has 2 N–H and O–H groups in total. The number of hydrogen-bond acceptors (Lipinski definition) is 2. The first-order valence-corrected chi connectivity index (χ1v) is 8.70. The van der Waals surface area contributed by atoms with Crippen molar-refractivity contribution in [2.75, 3.05) is 4.90 Å². The number of imide groups is 1. The molecule has 1 aliphatic heterocycles. The number of nitrogens with zero attached hydrogens (tertiary/aromatic N) is 1. The van der Waals surface area contributed by atoms with E-state index in [1.54, 1.807) is 0 Å². The first-order chi connectivity index (χ1) is 10.1. The molecule has 1 aliphatic carbocycles. The molecule has 0 radical (unpaired) electrons. The highest BCUT2D eigenvalue weighted by atomic mass is 127. The Balaban J connectivity index is 1.71. The van der Waals surface area contributed by atoms with Crippen molar-refractivity contribution in [2.45, 2.75) is 50.6 Å². The molecule has 5 heteroatoms. The van der Waals surface area contributed by atoms with Crippen molar-refractivity contribution in [1.29, 1.82) is 0 Å². The van der Waals surface area contributed by atoms with E-state index in [0.717, 1.165) is 3.57 Å². The Bertz CT molecular complexity index is 538. The molecule has 21 heavy (non-hydrogen) atoms. The summed E-state index contributed by atoms with van der Waals surface area (Å²) >= 11 is 2.22. The highest BCUT2D eigenvalue weighted by molar-refractivity contribution is 14.1. The molecule has 2 fully saturated rings. The standard InChI is InChI=1S/C16H19IN2O2/c17-11-6-8-13(9-7-11)19-15(20)10-14(16(19)21)18-12-4-2-1-3-5-12/h6-9,12,14,18H,1-5,10H2/p+1/t14-/m1/s1. The lowest BCUT2D eigenvalue weighted by Crippen LogP contribution is -2.96. The number of carbonyl (C=O) groups is 2. The van der Waals surface area contributed by atoms with Gasteiger partial charge < -0.3 is 5.32 Å². The van der Waals surface area contributed by atoms with Crippen LogP contribution in [0.3, 0.4) is 0 Å². The summed E-state index contributed by atoms with van der Waals surface area (Å²) in [4.78, 5) is 26.1. The van der Waals surface area contributed by atoms with Gasteiger partial charge >= 0.3 is 0 Å². The van der Waals surface area contributed by atoms with E-state index in [9.17, 15) is 9.59 Å². The van der Waals surface area contributed by atoms with E-state index in [1.165, 1.54) is 37.0 Å². The molecule has 0 bridgehead atoms. The summed E-state index contributed by atoms with van der Waals surface area (Å²) in [7, 11) is 0. The Morgan fingerprint density at radius 3 is 2.38 bits per heavy atom. The van der Waals surface area contributed by atoms with Gasteiger partial charge in [0.1, 0.15) is 0 Å². The summed E-state index contributed by atoms with van der Waals surface area (Å²) in [6, 6.07) is 7.83. The van der Waals surface area contributed by atoms with Crippen LogP contribution in [0, 0.1) is 3.57 Å². The van der Waals surface area contributed by atoms with Gasteiger partial charge in [0.15, 0.2) is 6.04 Å². The molecule has 2 aliphatic rings. The normalized spacial score (nSPS) is 23.9. The average Bonchev–Trinajstić information content (AvgIpc) is 2.76. The number of hydrogen-bond donors (Lipinski definition) is 1. The highest BCUT2D eigenvalue weighted by Gasteiger charge is 2.43. The molecule has 1 saturated heterocycles. The van der Waals surface area contributed by atoms with Crippen LogP contribution in [-0.2, 0) is 9.59 Å². The predicted molar refractivity (Wildman–Crippen MR) is 88.9 cm³/mol. The van der Waals surface area contributed by atoms with Crippen molar-refractivity contribution in [2.24, 2.45) is 0 Å². The van der Waals surface area contributed by atoms with Crippen molar-refractivity contribution in [1.82, 2.24) is 0 Å². The maximum absolute atomic E-state index is 12.5. The second-order valence-corrected chi connectivity index (χ2v) is 7.19. The monoisotopic (exact) mass is 399 g/mol. The summed E-state index contributed by atoms with van der Waals surface area (Å²) in [5.74, 6) is -0.120. The van der Waals surface area contributed by atoms with Gasteiger partial charge in [-0.25, -0.2) is 4.90 Å². The van der Waals surface area contributed by atoms with E-state index < -0.39 is 0 Å². The fourth-order valence-corrected chi connectivity index (χ4v) is 3.68. The Morgan fingerprint density at radius 2 is 1.71 bits per heavy atom. The Kier molecular flexibility index (Phi) is 4.59. The first kappa shape index (κ1) is 15.0. The van der Waals surface area contributed by atoms with Gasteiger partial charge in [0.05, 0.1) is 18.2 Å². The molecule has 1 aromatic rings. The zero-order valence-electron chi connectivity index (χ0n) is 11.9. The second-order valence-electron chi connectivity index (χ2n) is 5.94. The largest absolute Gasteiger partial charge is 0.333 e.